The van der Waals surface area contributed by atoms with Crippen LogP contribution in [0.3, 0.4) is 0 Å². The Balaban J connectivity index is 1.82. The molecule has 0 saturated heterocycles. The predicted molar refractivity (Wildman–Crippen MR) is 127 cm³/mol. The number of imidazole rings is 1. The molecule has 0 unspecified atom stereocenters. The third-order valence-electron chi connectivity index (χ3n) is 4.97. The standard InChI is InChI=1S/C22H21ClN8O2/c1-3-25-20-15(7-24)19-16(9-27-20)22(31-10-14(11-32)28-12-31)30-29-21(19)26-8-13-4-5-18(33-2)17(23)6-13/h4-7,9-12,24H,3,8H2,1-2H3,(H,25,27)(H,26,29). The summed E-state index contributed by atoms with van der Waals surface area (Å²) < 4.78 is 6.81. The maximum Gasteiger partial charge on any atom is 0.170 e. The van der Waals surface area contributed by atoms with E-state index in [1.54, 1.807) is 30.1 Å². The number of nitrogens with one attached hydrogen (secondary N) is 3. The third kappa shape index (κ3) is 4.33. The van der Waals surface area contributed by atoms with Crippen molar-refractivity contribution in [1.82, 2.24) is 24.7 Å². The van der Waals surface area contributed by atoms with Gasteiger partial charge in [-0.05, 0) is 24.6 Å². The first-order valence-corrected chi connectivity index (χ1v) is 10.5. The van der Waals surface area contributed by atoms with Gasteiger partial charge in [0.15, 0.2) is 17.9 Å². The molecule has 3 N–H and O–H groups in total. The van der Waals surface area contributed by atoms with Gasteiger partial charge in [0.05, 0.1) is 12.1 Å². The van der Waals surface area contributed by atoms with Crippen LogP contribution in [0.5, 0.6) is 5.75 Å². The molecule has 10 nitrogen and oxygen atoms in total. The summed E-state index contributed by atoms with van der Waals surface area (Å²) >= 11 is 6.25. The molecule has 4 aromatic rings. The Morgan fingerprint density at radius 2 is 2.06 bits per heavy atom. The molecule has 0 atom stereocenters. The molecule has 3 aromatic heterocycles. The van der Waals surface area contributed by atoms with Gasteiger partial charge < -0.3 is 20.8 Å². The third-order valence-corrected chi connectivity index (χ3v) is 5.27. The van der Waals surface area contributed by atoms with Crippen LogP contribution in [-0.4, -0.2) is 50.9 Å². The number of carbonyl (C=O) groups is 1. The number of fused-ring (bicyclic) bond motifs is 1. The first-order valence-electron chi connectivity index (χ1n) is 10.1. The van der Waals surface area contributed by atoms with Crippen LogP contribution in [0.15, 0.2) is 36.9 Å². The number of nitrogens with zero attached hydrogens (tertiary/aromatic N) is 5. The predicted octanol–water partition coefficient (Wildman–Crippen LogP) is 3.73. The molecule has 33 heavy (non-hydrogen) atoms. The maximum atomic E-state index is 11.1. The van der Waals surface area contributed by atoms with Gasteiger partial charge in [0.2, 0.25) is 0 Å². The highest BCUT2D eigenvalue weighted by molar-refractivity contribution is 6.32. The summed E-state index contributed by atoms with van der Waals surface area (Å²) in [5.41, 5.74) is 1.76. The highest BCUT2D eigenvalue weighted by Gasteiger charge is 2.18. The van der Waals surface area contributed by atoms with Crippen LogP contribution in [0.1, 0.15) is 28.5 Å². The number of carbonyl (C=O) groups excluding carboxylic acids is 1. The number of hydrogen-bond donors (Lipinski definition) is 3. The Labute approximate surface area is 194 Å². The highest BCUT2D eigenvalue weighted by Crippen LogP contribution is 2.32. The van der Waals surface area contributed by atoms with Gasteiger partial charge in [-0.2, -0.15) is 0 Å². The molecule has 0 aliphatic carbocycles. The number of aldehydes is 1. The average molecular weight is 465 g/mol. The van der Waals surface area contributed by atoms with Crippen molar-refractivity contribution in [1.29, 1.82) is 5.41 Å². The van der Waals surface area contributed by atoms with Gasteiger partial charge >= 0.3 is 0 Å². The zero-order valence-corrected chi connectivity index (χ0v) is 18.7. The minimum atomic E-state index is 0.271. The Kier molecular flexibility index (Phi) is 6.45. The second kappa shape index (κ2) is 9.61. The molecule has 11 heteroatoms. The van der Waals surface area contributed by atoms with Crippen LogP contribution in [0, 0.1) is 5.41 Å². The van der Waals surface area contributed by atoms with Crippen LogP contribution in [0.4, 0.5) is 11.6 Å². The lowest BCUT2D eigenvalue weighted by atomic mass is 10.1. The van der Waals surface area contributed by atoms with Gasteiger partial charge in [-0.1, -0.05) is 17.7 Å². The second-order valence-electron chi connectivity index (χ2n) is 7.00. The van der Waals surface area contributed by atoms with Gasteiger partial charge in [0, 0.05) is 48.0 Å². The van der Waals surface area contributed by atoms with E-state index in [2.05, 4.69) is 30.8 Å². The fraction of sp³-hybridized carbons (Fsp3) is 0.182. The van der Waals surface area contributed by atoms with Crippen LogP contribution in [-0.2, 0) is 6.54 Å². The van der Waals surface area contributed by atoms with Gasteiger partial charge in [-0.3, -0.25) is 9.36 Å². The van der Waals surface area contributed by atoms with E-state index >= 15 is 0 Å². The second-order valence-corrected chi connectivity index (χ2v) is 7.41. The number of pyridine rings is 1. The van der Waals surface area contributed by atoms with Gasteiger partial charge in [-0.15, -0.1) is 10.2 Å². The van der Waals surface area contributed by atoms with E-state index in [9.17, 15) is 4.79 Å². The van der Waals surface area contributed by atoms with Gasteiger partial charge in [0.1, 0.15) is 23.6 Å². The summed E-state index contributed by atoms with van der Waals surface area (Å²) in [4.78, 5) is 19.6. The molecule has 0 saturated carbocycles. The lowest BCUT2D eigenvalue weighted by Gasteiger charge is -2.15. The Hall–Kier alpha value is -4.05. The van der Waals surface area contributed by atoms with Crippen LogP contribution in [0.25, 0.3) is 16.6 Å². The molecule has 0 bridgehead atoms. The molecule has 0 radical (unpaired) electrons. The molecule has 0 spiro atoms. The summed E-state index contributed by atoms with van der Waals surface area (Å²) in [6, 6.07) is 5.51. The van der Waals surface area contributed by atoms with E-state index in [0.29, 0.717) is 63.9 Å². The van der Waals surface area contributed by atoms with E-state index in [0.717, 1.165) is 5.56 Å². The quantitative estimate of drug-likeness (QED) is 0.252. The maximum absolute atomic E-state index is 11.1. The molecular weight excluding hydrogens is 444 g/mol. The van der Waals surface area contributed by atoms with E-state index in [4.69, 9.17) is 21.7 Å². The molecule has 4 rings (SSSR count). The zero-order chi connectivity index (χ0) is 23.4. The number of rotatable bonds is 9. The summed E-state index contributed by atoms with van der Waals surface area (Å²) in [5.74, 6) is 2.09. The largest absolute Gasteiger partial charge is 0.495 e. The van der Waals surface area contributed by atoms with E-state index in [1.165, 1.54) is 12.5 Å². The van der Waals surface area contributed by atoms with E-state index in [-0.39, 0.29) is 5.69 Å². The lowest BCUT2D eigenvalue weighted by Crippen LogP contribution is -2.10. The van der Waals surface area contributed by atoms with Crippen molar-refractivity contribution in [2.45, 2.75) is 13.5 Å². The number of hydrogen-bond acceptors (Lipinski definition) is 9. The minimum absolute atomic E-state index is 0.271. The normalized spacial score (nSPS) is 10.8. The first-order chi connectivity index (χ1) is 16.1. The molecule has 0 amide bonds. The Morgan fingerprint density at radius 1 is 1.21 bits per heavy atom. The number of aromatic nitrogens is 5. The van der Waals surface area contributed by atoms with Crippen molar-refractivity contribution < 1.29 is 9.53 Å². The SMILES string of the molecule is CCNc1ncc2c(-n3cnc(C=O)c3)nnc(NCc3ccc(OC)c(Cl)c3)c2c1C=N. The molecule has 0 aliphatic rings. The topological polar surface area (TPSA) is 131 Å². The Morgan fingerprint density at radius 3 is 2.73 bits per heavy atom. The first kappa shape index (κ1) is 22.2. The smallest absolute Gasteiger partial charge is 0.170 e. The molecule has 0 fully saturated rings. The zero-order valence-electron chi connectivity index (χ0n) is 18.0. The fourth-order valence-electron chi connectivity index (χ4n) is 3.44. The van der Waals surface area contributed by atoms with E-state index < -0.39 is 0 Å². The number of methoxy groups -OCH3 is 1. The summed E-state index contributed by atoms with van der Waals surface area (Å²) in [5, 5.41) is 25.1. The fourth-order valence-corrected chi connectivity index (χ4v) is 3.72. The number of halogens is 1. The monoisotopic (exact) mass is 464 g/mol. The van der Waals surface area contributed by atoms with Crippen molar-refractivity contribution in [3.8, 4) is 11.6 Å². The molecular formula is C22H21ClN8O2. The van der Waals surface area contributed by atoms with Crippen LogP contribution >= 0.6 is 11.6 Å². The highest BCUT2D eigenvalue weighted by atomic mass is 35.5. The summed E-state index contributed by atoms with van der Waals surface area (Å²) in [6.45, 7) is 3.01. The van der Waals surface area contributed by atoms with Crippen molar-refractivity contribution in [2.24, 2.45) is 0 Å². The van der Waals surface area contributed by atoms with Crippen LogP contribution < -0.4 is 15.4 Å². The molecule has 0 aliphatic heterocycles. The summed E-state index contributed by atoms with van der Waals surface area (Å²) in [6.07, 6.45) is 6.61. The summed E-state index contributed by atoms with van der Waals surface area (Å²) in [7, 11) is 1.57. The van der Waals surface area contributed by atoms with Crippen molar-refractivity contribution in [2.75, 3.05) is 24.3 Å². The molecule has 1 aromatic carbocycles. The molecule has 168 valence electrons. The van der Waals surface area contributed by atoms with Crippen LogP contribution in [0.2, 0.25) is 5.02 Å². The van der Waals surface area contributed by atoms with Crippen molar-refractivity contribution >= 4 is 46.5 Å². The lowest BCUT2D eigenvalue weighted by molar-refractivity contribution is 0.111. The number of benzene rings is 1. The number of anilines is 2. The van der Waals surface area contributed by atoms with Crippen molar-refractivity contribution in [3.63, 3.8) is 0 Å². The minimum Gasteiger partial charge on any atom is -0.495 e. The number of ether oxygens (including phenoxy) is 1. The van der Waals surface area contributed by atoms with E-state index in [1.807, 2.05) is 19.1 Å². The Bertz CT molecular complexity index is 1340. The molecule has 3 heterocycles. The average Bonchev–Trinajstić information content (AvgIpc) is 3.31. The van der Waals surface area contributed by atoms with Gasteiger partial charge in [0.25, 0.3) is 0 Å². The van der Waals surface area contributed by atoms with Crippen molar-refractivity contribution in [3.05, 3.63) is 58.8 Å². The van der Waals surface area contributed by atoms with Gasteiger partial charge in [-0.25, -0.2) is 9.97 Å².